The molecule has 4 nitrogen and oxygen atoms in total. The summed E-state index contributed by atoms with van der Waals surface area (Å²) in [6.07, 6.45) is 5.01. The summed E-state index contributed by atoms with van der Waals surface area (Å²) in [7, 11) is 0. The van der Waals surface area contributed by atoms with Crippen LogP contribution in [0.2, 0.25) is 0 Å². The minimum absolute atomic E-state index is 0.0663. The quantitative estimate of drug-likeness (QED) is 0.681. The first-order chi connectivity index (χ1) is 13.2. The van der Waals surface area contributed by atoms with Crippen molar-refractivity contribution in [3.63, 3.8) is 0 Å². The van der Waals surface area contributed by atoms with Gasteiger partial charge in [-0.1, -0.05) is 39.8 Å². The minimum Gasteiger partial charge on any atom is -0.481 e. The van der Waals surface area contributed by atoms with E-state index in [0.29, 0.717) is 0 Å². The van der Waals surface area contributed by atoms with Crippen LogP contribution in [0.3, 0.4) is 0 Å². The highest BCUT2D eigenvalue weighted by atomic mass is 32.1. The van der Waals surface area contributed by atoms with E-state index in [1.54, 1.807) is 0 Å². The lowest BCUT2D eigenvalue weighted by Gasteiger charge is -2.37. The molecule has 0 unspecified atom stereocenters. The Hall–Kier alpha value is -1.88. The average molecular weight is 399 g/mol. The van der Waals surface area contributed by atoms with Crippen molar-refractivity contribution in [2.75, 3.05) is 11.4 Å². The number of hydrogen-bond donors (Lipinski definition) is 1. The molecule has 0 aliphatic heterocycles. The maximum absolute atomic E-state index is 11.0. The second kappa shape index (κ2) is 6.87. The molecule has 1 fully saturated rings. The van der Waals surface area contributed by atoms with E-state index in [9.17, 15) is 4.79 Å². The number of rotatable bonds is 6. The number of fused-ring (bicyclic) bond motifs is 1. The van der Waals surface area contributed by atoms with Crippen LogP contribution in [-0.2, 0) is 22.0 Å². The molecule has 0 atom stereocenters. The number of hydrogen-bond acceptors (Lipinski definition) is 4. The largest absolute Gasteiger partial charge is 0.481 e. The fourth-order valence-electron chi connectivity index (χ4n) is 4.02. The standard InChI is InChI=1S/C23H30N2O2S/c1-22(2)11-12-23(3,4)20-19(22)24-21(28-20)25(14-16-5-6-16)17-9-7-15(8-10-17)13-18(26)27/h7-10,16H,5-6,11-14H2,1-4H3,(H,26,27). The van der Waals surface area contributed by atoms with Gasteiger partial charge in [0.1, 0.15) is 0 Å². The highest BCUT2D eigenvalue weighted by Gasteiger charge is 2.41. The summed E-state index contributed by atoms with van der Waals surface area (Å²) in [6.45, 7) is 10.3. The zero-order chi connectivity index (χ0) is 20.1. The Kier molecular flexibility index (Phi) is 4.77. The van der Waals surface area contributed by atoms with Crippen LogP contribution >= 0.6 is 11.3 Å². The first kappa shape index (κ1) is 19.4. The summed E-state index contributed by atoms with van der Waals surface area (Å²) in [6, 6.07) is 7.98. The maximum Gasteiger partial charge on any atom is 0.307 e. The molecule has 2 aliphatic carbocycles. The second-order valence-corrected chi connectivity index (χ2v) is 10.7. The van der Waals surface area contributed by atoms with Gasteiger partial charge in [-0.15, -0.1) is 11.3 Å². The number of carboxylic acids is 1. The van der Waals surface area contributed by atoms with Gasteiger partial charge in [0.15, 0.2) is 5.13 Å². The molecule has 2 aromatic rings. The van der Waals surface area contributed by atoms with Gasteiger partial charge in [0.25, 0.3) is 0 Å². The molecule has 0 radical (unpaired) electrons. The van der Waals surface area contributed by atoms with Gasteiger partial charge in [-0.25, -0.2) is 4.98 Å². The van der Waals surface area contributed by atoms with Crippen LogP contribution < -0.4 is 4.90 Å². The number of nitrogens with zero attached hydrogens (tertiary/aromatic N) is 2. The molecule has 1 aromatic carbocycles. The first-order valence-electron chi connectivity index (χ1n) is 10.3. The van der Waals surface area contributed by atoms with E-state index in [2.05, 4.69) is 44.7 Å². The molecule has 5 heteroatoms. The fourth-order valence-corrected chi connectivity index (χ4v) is 5.43. The summed E-state index contributed by atoms with van der Waals surface area (Å²) >= 11 is 1.85. The van der Waals surface area contributed by atoms with Crippen molar-refractivity contribution in [1.82, 2.24) is 4.98 Å². The van der Waals surface area contributed by atoms with Gasteiger partial charge in [-0.05, 0) is 49.3 Å². The van der Waals surface area contributed by atoms with E-state index in [1.807, 2.05) is 23.5 Å². The van der Waals surface area contributed by atoms with Gasteiger partial charge in [-0.3, -0.25) is 4.79 Å². The van der Waals surface area contributed by atoms with Crippen molar-refractivity contribution in [3.8, 4) is 0 Å². The Morgan fingerprint density at radius 2 is 1.79 bits per heavy atom. The van der Waals surface area contributed by atoms with Crippen LogP contribution in [0.5, 0.6) is 0 Å². The van der Waals surface area contributed by atoms with E-state index in [1.165, 1.54) is 36.3 Å². The lowest BCUT2D eigenvalue weighted by molar-refractivity contribution is -0.136. The van der Waals surface area contributed by atoms with Gasteiger partial charge in [0.05, 0.1) is 12.1 Å². The summed E-state index contributed by atoms with van der Waals surface area (Å²) in [4.78, 5) is 19.9. The Labute approximate surface area is 171 Å². The molecule has 1 heterocycles. The first-order valence-corrected chi connectivity index (χ1v) is 11.1. The Morgan fingerprint density at radius 1 is 1.14 bits per heavy atom. The Bertz CT molecular complexity index is 845. The molecular formula is C23H30N2O2S. The topological polar surface area (TPSA) is 53.4 Å². The second-order valence-electron chi connectivity index (χ2n) is 9.73. The SMILES string of the molecule is CC1(C)CCC(C)(C)c2sc(N(CC3CC3)c3ccc(CC(=O)O)cc3)nc21. The molecule has 2 aliphatic rings. The van der Waals surface area contributed by atoms with E-state index < -0.39 is 5.97 Å². The number of aliphatic carboxylic acids is 1. The summed E-state index contributed by atoms with van der Waals surface area (Å²) in [5.74, 6) is -0.0553. The molecule has 0 bridgehead atoms. The third-order valence-corrected chi connectivity index (χ3v) is 7.66. The predicted octanol–water partition coefficient (Wildman–Crippen LogP) is 5.67. The monoisotopic (exact) mass is 398 g/mol. The minimum atomic E-state index is -0.792. The van der Waals surface area contributed by atoms with Crippen LogP contribution in [-0.4, -0.2) is 22.6 Å². The van der Waals surface area contributed by atoms with Gasteiger partial charge in [-0.2, -0.15) is 0 Å². The van der Waals surface area contributed by atoms with Crippen LogP contribution in [0.25, 0.3) is 0 Å². The number of thiazole rings is 1. The molecule has 150 valence electrons. The summed E-state index contributed by atoms with van der Waals surface area (Å²) < 4.78 is 0. The average Bonchev–Trinajstić information content (AvgIpc) is 3.31. The van der Waals surface area contributed by atoms with E-state index >= 15 is 0 Å². The van der Waals surface area contributed by atoms with E-state index in [0.717, 1.165) is 28.8 Å². The molecule has 0 spiro atoms. The molecule has 1 aromatic heterocycles. The van der Waals surface area contributed by atoms with E-state index in [4.69, 9.17) is 10.1 Å². The third-order valence-electron chi connectivity index (χ3n) is 6.22. The van der Waals surface area contributed by atoms with E-state index in [-0.39, 0.29) is 17.3 Å². The van der Waals surface area contributed by atoms with Gasteiger partial charge < -0.3 is 10.0 Å². The zero-order valence-corrected chi connectivity index (χ0v) is 18.1. The van der Waals surface area contributed by atoms with Crippen LogP contribution in [0.15, 0.2) is 24.3 Å². The van der Waals surface area contributed by atoms with Crippen molar-refractivity contribution < 1.29 is 9.90 Å². The Balaban J connectivity index is 1.71. The lowest BCUT2D eigenvalue weighted by Crippen LogP contribution is -2.32. The number of aromatic nitrogens is 1. The molecule has 1 N–H and O–H groups in total. The zero-order valence-electron chi connectivity index (χ0n) is 17.3. The lowest BCUT2D eigenvalue weighted by atomic mass is 9.69. The number of benzene rings is 1. The van der Waals surface area contributed by atoms with Crippen LogP contribution in [0, 0.1) is 5.92 Å². The highest BCUT2D eigenvalue weighted by Crippen LogP contribution is 2.50. The van der Waals surface area contributed by atoms with Crippen molar-refractivity contribution in [3.05, 3.63) is 40.4 Å². The number of anilines is 2. The molecule has 0 amide bonds. The van der Waals surface area contributed by atoms with Crippen molar-refractivity contribution in [2.45, 2.75) is 70.6 Å². The van der Waals surface area contributed by atoms with Gasteiger partial charge in [0, 0.05) is 27.9 Å². The smallest absolute Gasteiger partial charge is 0.307 e. The van der Waals surface area contributed by atoms with Crippen molar-refractivity contribution in [1.29, 1.82) is 0 Å². The molecule has 0 saturated heterocycles. The highest BCUT2D eigenvalue weighted by molar-refractivity contribution is 7.16. The molecule has 1 saturated carbocycles. The normalized spacial score (nSPS) is 19.9. The van der Waals surface area contributed by atoms with Crippen LogP contribution in [0.4, 0.5) is 10.8 Å². The number of carboxylic acid groups (broad SMARTS) is 1. The van der Waals surface area contributed by atoms with Gasteiger partial charge in [0.2, 0.25) is 0 Å². The number of carbonyl (C=O) groups is 1. The molecular weight excluding hydrogens is 368 g/mol. The molecule has 4 rings (SSSR count). The Morgan fingerprint density at radius 3 is 2.36 bits per heavy atom. The van der Waals surface area contributed by atoms with Crippen molar-refractivity contribution >= 4 is 28.1 Å². The molecule has 28 heavy (non-hydrogen) atoms. The predicted molar refractivity (Wildman–Crippen MR) is 115 cm³/mol. The third kappa shape index (κ3) is 3.82. The van der Waals surface area contributed by atoms with Crippen molar-refractivity contribution in [2.24, 2.45) is 5.92 Å². The van der Waals surface area contributed by atoms with Crippen LogP contribution in [0.1, 0.15) is 69.5 Å². The maximum atomic E-state index is 11.0. The summed E-state index contributed by atoms with van der Waals surface area (Å²) in [5, 5.41) is 10.1. The van der Waals surface area contributed by atoms with Gasteiger partial charge >= 0.3 is 5.97 Å². The summed E-state index contributed by atoms with van der Waals surface area (Å²) in [5.41, 5.74) is 3.52. The fraction of sp³-hybridized carbons (Fsp3) is 0.565.